The quantitative estimate of drug-likeness (QED) is 0.396. The number of thioether (sulfide) groups is 1. The molecule has 2 heterocycles. The first-order valence-corrected chi connectivity index (χ1v) is 9.70. The van der Waals surface area contributed by atoms with E-state index in [0.29, 0.717) is 16.3 Å². The lowest BCUT2D eigenvalue weighted by atomic mass is 10.2. The van der Waals surface area contributed by atoms with Gasteiger partial charge in [-0.1, -0.05) is 42.1 Å². The van der Waals surface area contributed by atoms with Crippen molar-refractivity contribution in [2.45, 2.75) is 17.8 Å². The third kappa shape index (κ3) is 3.23. The van der Waals surface area contributed by atoms with Gasteiger partial charge in [-0.2, -0.15) is 0 Å². The Kier molecular flexibility index (Phi) is 4.38. The number of aromatic nitrogens is 3. The van der Waals surface area contributed by atoms with Crippen molar-refractivity contribution in [1.82, 2.24) is 14.5 Å². The lowest BCUT2D eigenvalue weighted by Gasteiger charge is -2.12. The first kappa shape index (κ1) is 16.1. The fourth-order valence-corrected chi connectivity index (χ4v) is 4.25. The third-order valence-electron chi connectivity index (χ3n) is 3.78. The highest BCUT2D eigenvalue weighted by molar-refractivity contribution is 7.98. The highest BCUT2D eigenvalue weighted by Crippen LogP contribution is 2.25. The largest absolute Gasteiger partial charge is 0.268 e. The van der Waals surface area contributed by atoms with Crippen LogP contribution in [0.3, 0.4) is 0 Å². The Morgan fingerprint density at radius 1 is 1.04 bits per heavy atom. The summed E-state index contributed by atoms with van der Waals surface area (Å²) in [5.74, 6) is 0.682. The zero-order valence-corrected chi connectivity index (χ0v) is 15.2. The molecular formula is C19H15N3OS2. The summed E-state index contributed by atoms with van der Waals surface area (Å²) in [7, 11) is 0. The number of para-hydroxylation sites is 2. The standard InChI is InChI=1S/C19H15N3OS2/c1-13-20-14(11-24-13)12-25-19-21-17-10-6-5-9-16(17)18(23)22(19)15-7-3-2-4-8-15/h2-11H,12H2,1H3. The molecule has 4 rings (SSSR count). The number of aryl methyl sites for hydroxylation is 1. The highest BCUT2D eigenvalue weighted by atomic mass is 32.2. The van der Waals surface area contributed by atoms with E-state index >= 15 is 0 Å². The van der Waals surface area contributed by atoms with Crippen molar-refractivity contribution in [2.75, 3.05) is 0 Å². The Balaban J connectivity index is 1.84. The van der Waals surface area contributed by atoms with Crippen LogP contribution in [0, 0.1) is 6.92 Å². The van der Waals surface area contributed by atoms with Gasteiger partial charge < -0.3 is 0 Å². The SMILES string of the molecule is Cc1nc(CSc2nc3ccccc3c(=O)n2-c2ccccc2)cs1. The van der Waals surface area contributed by atoms with E-state index in [9.17, 15) is 4.79 Å². The van der Waals surface area contributed by atoms with Gasteiger partial charge in [-0.3, -0.25) is 9.36 Å². The number of rotatable bonds is 4. The zero-order valence-electron chi connectivity index (χ0n) is 13.5. The summed E-state index contributed by atoms with van der Waals surface area (Å²) < 4.78 is 1.69. The molecule has 4 aromatic rings. The van der Waals surface area contributed by atoms with Crippen molar-refractivity contribution in [3.05, 3.63) is 81.0 Å². The number of hydrogen-bond donors (Lipinski definition) is 0. The Hall–Kier alpha value is -2.44. The van der Waals surface area contributed by atoms with Crippen LogP contribution in [0.25, 0.3) is 16.6 Å². The van der Waals surface area contributed by atoms with Crippen molar-refractivity contribution >= 4 is 34.0 Å². The van der Waals surface area contributed by atoms with Crippen molar-refractivity contribution in [3.8, 4) is 5.69 Å². The van der Waals surface area contributed by atoms with E-state index in [-0.39, 0.29) is 5.56 Å². The zero-order chi connectivity index (χ0) is 17.2. The number of fused-ring (bicyclic) bond motifs is 1. The van der Waals surface area contributed by atoms with Gasteiger partial charge in [0.05, 0.1) is 27.3 Å². The molecule has 0 unspecified atom stereocenters. The molecule has 0 saturated carbocycles. The van der Waals surface area contributed by atoms with Gasteiger partial charge in [-0.25, -0.2) is 9.97 Å². The summed E-state index contributed by atoms with van der Waals surface area (Å²) in [5, 5.41) is 4.40. The number of nitrogens with zero attached hydrogens (tertiary/aromatic N) is 3. The van der Waals surface area contributed by atoms with Crippen LogP contribution in [0.1, 0.15) is 10.7 Å². The molecule has 0 aliphatic rings. The maximum absolute atomic E-state index is 13.1. The van der Waals surface area contributed by atoms with Crippen molar-refractivity contribution in [2.24, 2.45) is 0 Å². The molecule has 6 heteroatoms. The topological polar surface area (TPSA) is 47.8 Å². The van der Waals surface area contributed by atoms with Gasteiger partial charge in [0.25, 0.3) is 5.56 Å². The fourth-order valence-electron chi connectivity index (χ4n) is 2.63. The van der Waals surface area contributed by atoms with E-state index in [1.165, 1.54) is 11.8 Å². The van der Waals surface area contributed by atoms with Crippen LogP contribution in [0.4, 0.5) is 0 Å². The van der Waals surface area contributed by atoms with Gasteiger partial charge >= 0.3 is 0 Å². The first-order chi connectivity index (χ1) is 12.2. The van der Waals surface area contributed by atoms with Gasteiger partial charge in [0, 0.05) is 11.1 Å². The lowest BCUT2D eigenvalue weighted by molar-refractivity contribution is 0.819. The van der Waals surface area contributed by atoms with Crippen LogP contribution in [0.5, 0.6) is 0 Å². The lowest BCUT2D eigenvalue weighted by Crippen LogP contribution is -2.21. The van der Waals surface area contributed by atoms with E-state index in [1.807, 2.05) is 66.9 Å². The second kappa shape index (κ2) is 6.82. The summed E-state index contributed by atoms with van der Waals surface area (Å²) in [6.07, 6.45) is 0. The van der Waals surface area contributed by atoms with Crippen molar-refractivity contribution in [1.29, 1.82) is 0 Å². The fraction of sp³-hybridized carbons (Fsp3) is 0.105. The molecule has 0 atom stereocenters. The average molecular weight is 365 g/mol. The van der Waals surface area contributed by atoms with Crippen LogP contribution in [-0.4, -0.2) is 14.5 Å². The van der Waals surface area contributed by atoms with Gasteiger partial charge in [-0.05, 0) is 31.2 Å². The molecule has 0 aliphatic heterocycles. The molecule has 4 nitrogen and oxygen atoms in total. The highest BCUT2D eigenvalue weighted by Gasteiger charge is 2.13. The summed E-state index contributed by atoms with van der Waals surface area (Å²) in [5.41, 5.74) is 2.50. The van der Waals surface area contributed by atoms with Crippen LogP contribution < -0.4 is 5.56 Å². The molecule has 2 aromatic carbocycles. The maximum Gasteiger partial charge on any atom is 0.266 e. The molecular weight excluding hydrogens is 350 g/mol. The van der Waals surface area contributed by atoms with Crippen LogP contribution >= 0.6 is 23.1 Å². The Morgan fingerprint density at radius 3 is 2.56 bits per heavy atom. The van der Waals surface area contributed by atoms with Crippen molar-refractivity contribution in [3.63, 3.8) is 0 Å². The van der Waals surface area contributed by atoms with E-state index in [1.54, 1.807) is 15.9 Å². The monoisotopic (exact) mass is 365 g/mol. The maximum atomic E-state index is 13.1. The van der Waals surface area contributed by atoms with Crippen LogP contribution in [0.15, 0.2) is 69.9 Å². The van der Waals surface area contributed by atoms with E-state index in [4.69, 9.17) is 4.98 Å². The van der Waals surface area contributed by atoms with Crippen LogP contribution in [0.2, 0.25) is 0 Å². The minimum absolute atomic E-state index is 0.0474. The van der Waals surface area contributed by atoms with Gasteiger partial charge in [0.15, 0.2) is 5.16 Å². The molecule has 0 aliphatic carbocycles. The molecule has 0 spiro atoms. The molecule has 0 fully saturated rings. The molecule has 2 aromatic heterocycles. The Bertz CT molecular complexity index is 1090. The second-order valence-electron chi connectivity index (χ2n) is 5.53. The van der Waals surface area contributed by atoms with Gasteiger partial charge in [0.2, 0.25) is 0 Å². The number of thiazole rings is 1. The van der Waals surface area contributed by atoms with E-state index in [0.717, 1.165) is 21.9 Å². The summed E-state index contributed by atoms with van der Waals surface area (Å²) in [4.78, 5) is 22.3. The van der Waals surface area contributed by atoms with E-state index in [2.05, 4.69) is 4.98 Å². The predicted octanol–water partition coefficient (Wildman–Crippen LogP) is 4.44. The van der Waals surface area contributed by atoms with Gasteiger partial charge in [-0.15, -0.1) is 11.3 Å². The van der Waals surface area contributed by atoms with Gasteiger partial charge in [0.1, 0.15) is 0 Å². The summed E-state index contributed by atoms with van der Waals surface area (Å²) in [6, 6.07) is 17.1. The third-order valence-corrected chi connectivity index (χ3v) is 5.57. The summed E-state index contributed by atoms with van der Waals surface area (Å²) >= 11 is 3.17. The number of benzene rings is 2. The molecule has 124 valence electrons. The number of hydrogen-bond acceptors (Lipinski definition) is 5. The second-order valence-corrected chi connectivity index (χ2v) is 7.54. The summed E-state index contributed by atoms with van der Waals surface area (Å²) in [6.45, 7) is 1.99. The molecule has 0 radical (unpaired) electrons. The van der Waals surface area contributed by atoms with Crippen LogP contribution in [-0.2, 0) is 5.75 Å². The normalized spacial score (nSPS) is 11.1. The first-order valence-electron chi connectivity index (χ1n) is 7.83. The Labute approximate surface area is 153 Å². The minimum atomic E-state index is -0.0474. The predicted molar refractivity (Wildman–Crippen MR) is 104 cm³/mol. The van der Waals surface area contributed by atoms with Crippen molar-refractivity contribution < 1.29 is 0 Å². The average Bonchev–Trinajstić information content (AvgIpc) is 3.06. The molecule has 0 amide bonds. The van der Waals surface area contributed by atoms with E-state index < -0.39 is 0 Å². The molecule has 0 bridgehead atoms. The molecule has 0 N–H and O–H groups in total. The molecule has 25 heavy (non-hydrogen) atoms. The minimum Gasteiger partial charge on any atom is -0.268 e. The smallest absolute Gasteiger partial charge is 0.266 e. The molecule has 0 saturated heterocycles. The Morgan fingerprint density at radius 2 is 1.80 bits per heavy atom.